The number of thiocarbonyl (C=S) groups is 1. The summed E-state index contributed by atoms with van der Waals surface area (Å²) in [7, 11) is 0. The molecule has 2 amide bonds. The quantitative estimate of drug-likeness (QED) is 0.834. The molecule has 4 nitrogen and oxygen atoms in total. The van der Waals surface area contributed by atoms with Gasteiger partial charge >= 0.3 is 6.18 Å². The first-order valence-corrected chi connectivity index (χ1v) is 7.03. The van der Waals surface area contributed by atoms with Gasteiger partial charge in [-0.15, -0.1) is 0 Å². The molecule has 1 aromatic rings. The van der Waals surface area contributed by atoms with Crippen LogP contribution in [0, 0.1) is 0 Å². The summed E-state index contributed by atoms with van der Waals surface area (Å²) < 4.78 is 38.6. The fourth-order valence-electron chi connectivity index (χ4n) is 1.74. The highest BCUT2D eigenvalue weighted by Gasteiger charge is 2.35. The topological polar surface area (TPSA) is 58.2 Å². The van der Waals surface area contributed by atoms with Crippen LogP contribution in [0.15, 0.2) is 24.3 Å². The molecule has 1 unspecified atom stereocenters. The second-order valence-corrected chi connectivity index (χ2v) is 6.06. The zero-order valence-corrected chi connectivity index (χ0v) is 12.0. The van der Waals surface area contributed by atoms with E-state index in [1.54, 1.807) is 0 Å². The fraction of sp³-hybridized carbons (Fsp3) is 0.250. The van der Waals surface area contributed by atoms with Gasteiger partial charge in [0.15, 0.2) is 0 Å². The van der Waals surface area contributed by atoms with E-state index in [0.717, 1.165) is 23.9 Å². The molecule has 1 aliphatic heterocycles. The molecule has 0 aliphatic carbocycles. The van der Waals surface area contributed by atoms with Crippen LogP contribution >= 0.6 is 24.0 Å². The zero-order valence-electron chi connectivity index (χ0n) is 10.4. The summed E-state index contributed by atoms with van der Waals surface area (Å²) in [5.74, 6) is -1.09. The number of halogens is 3. The summed E-state index contributed by atoms with van der Waals surface area (Å²) >= 11 is 5.79. The minimum absolute atomic E-state index is 0.247. The maximum atomic E-state index is 12.8. The Morgan fingerprint density at radius 1 is 1.38 bits per heavy atom. The molecule has 0 bridgehead atoms. The number of benzene rings is 1. The number of hydrogen-bond donors (Lipinski definition) is 2. The predicted molar refractivity (Wildman–Crippen MR) is 76.8 cm³/mol. The van der Waals surface area contributed by atoms with Crippen LogP contribution in [-0.4, -0.2) is 21.4 Å². The van der Waals surface area contributed by atoms with Gasteiger partial charge in [0.1, 0.15) is 4.32 Å². The van der Waals surface area contributed by atoms with Gasteiger partial charge in [-0.1, -0.05) is 36.1 Å². The van der Waals surface area contributed by atoms with Gasteiger partial charge in [0.05, 0.1) is 16.5 Å². The second kappa shape index (κ2) is 6.02. The van der Waals surface area contributed by atoms with Gasteiger partial charge in [0.2, 0.25) is 11.8 Å². The van der Waals surface area contributed by atoms with E-state index in [2.05, 4.69) is 10.6 Å². The molecule has 1 saturated heterocycles. The third-order valence-electron chi connectivity index (χ3n) is 2.64. The lowest BCUT2D eigenvalue weighted by molar-refractivity contribution is -0.137. The molecule has 21 heavy (non-hydrogen) atoms. The van der Waals surface area contributed by atoms with E-state index in [-0.39, 0.29) is 16.4 Å². The molecule has 0 radical (unpaired) electrons. The Hall–Kier alpha value is -1.61. The normalized spacial score (nSPS) is 18.5. The minimum Gasteiger partial charge on any atom is -0.325 e. The molecule has 1 aliphatic rings. The number of anilines is 1. The summed E-state index contributed by atoms with van der Waals surface area (Å²) in [5, 5.41) is 3.84. The van der Waals surface area contributed by atoms with Crippen molar-refractivity contribution >= 4 is 45.8 Å². The van der Waals surface area contributed by atoms with E-state index in [0.29, 0.717) is 0 Å². The highest BCUT2D eigenvalue weighted by atomic mass is 32.2. The van der Waals surface area contributed by atoms with Crippen LogP contribution in [0.25, 0.3) is 0 Å². The lowest BCUT2D eigenvalue weighted by Crippen LogP contribution is -2.28. The standard InChI is InChI=1S/C12H9F3N2O2S2/c13-12(14,15)6-3-1-2-4-7(6)16-9(18)5-8-10(19)17-11(20)21-8/h1-4,8H,5H2,(H,16,18)(H,17,19,20). The number of carbonyl (C=O) groups excluding carboxylic acids is 2. The molecule has 0 spiro atoms. The molecule has 1 aromatic carbocycles. The third kappa shape index (κ3) is 3.94. The average Bonchev–Trinajstić information content (AvgIpc) is 2.67. The zero-order chi connectivity index (χ0) is 15.6. The lowest BCUT2D eigenvalue weighted by Gasteiger charge is -2.14. The Balaban J connectivity index is 2.07. The first-order chi connectivity index (χ1) is 9.77. The van der Waals surface area contributed by atoms with Crippen molar-refractivity contribution in [2.45, 2.75) is 17.8 Å². The molecular weight excluding hydrogens is 325 g/mol. The molecular formula is C12H9F3N2O2S2. The van der Waals surface area contributed by atoms with Gasteiger partial charge in [-0.2, -0.15) is 13.2 Å². The number of rotatable bonds is 3. The first-order valence-electron chi connectivity index (χ1n) is 5.75. The Labute approximate surface area is 127 Å². The summed E-state index contributed by atoms with van der Waals surface area (Å²) in [6, 6.07) is 4.66. The van der Waals surface area contributed by atoms with E-state index in [1.807, 2.05) is 0 Å². The number of hydrogen-bond acceptors (Lipinski definition) is 4. The van der Waals surface area contributed by atoms with Crippen molar-refractivity contribution in [3.05, 3.63) is 29.8 Å². The fourth-order valence-corrected chi connectivity index (χ4v) is 3.00. The van der Waals surface area contributed by atoms with Crippen molar-refractivity contribution < 1.29 is 22.8 Å². The smallest absolute Gasteiger partial charge is 0.325 e. The van der Waals surface area contributed by atoms with Gasteiger partial charge < -0.3 is 10.6 Å². The molecule has 0 saturated carbocycles. The average molecular weight is 334 g/mol. The highest BCUT2D eigenvalue weighted by molar-refractivity contribution is 8.24. The maximum absolute atomic E-state index is 12.8. The number of nitrogens with one attached hydrogen (secondary N) is 2. The van der Waals surface area contributed by atoms with Gasteiger partial charge in [0, 0.05) is 6.42 Å². The van der Waals surface area contributed by atoms with E-state index < -0.39 is 28.8 Å². The Bertz CT molecular complexity index is 604. The minimum atomic E-state index is -4.56. The van der Waals surface area contributed by atoms with Gasteiger partial charge in [-0.25, -0.2) is 0 Å². The van der Waals surface area contributed by atoms with Crippen molar-refractivity contribution in [3.63, 3.8) is 0 Å². The lowest BCUT2D eigenvalue weighted by atomic mass is 10.1. The summed E-state index contributed by atoms with van der Waals surface area (Å²) in [6.45, 7) is 0. The van der Waals surface area contributed by atoms with E-state index in [9.17, 15) is 22.8 Å². The molecule has 112 valence electrons. The largest absolute Gasteiger partial charge is 0.418 e. The van der Waals surface area contributed by atoms with Crippen molar-refractivity contribution in [2.24, 2.45) is 0 Å². The van der Waals surface area contributed by atoms with Gasteiger partial charge in [0.25, 0.3) is 0 Å². The van der Waals surface area contributed by atoms with E-state index in [1.165, 1.54) is 12.1 Å². The molecule has 2 N–H and O–H groups in total. The van der Waals surface area contributed by atoms with Gasteiger partial charge in [-0.05, 0) is 12.1 Å². The van der Waals surface area contributed by atoms with Crippen LogP contribution < -0.4 is 10.6 Å². The molecule has 9 heteroatoms. The van der Waals surface area contributed by atoms with Gasteiger partial charge in [-0.3, -0.25) is 9.59 Å². The van der Waals surface area contributed by atoms with Crippen LogP contribution in [0.4, 0.5) is 18.9 Å². The Kier molecular flexibility index (Phi) is 4.52. The van der Waals surface area contributed by atoms with Crippen LogP contribution in [0.3, 0.4) is 0 Å². The SMILES string of the molecule is O=C(CC1SC(=S)NC1=O)Nc1ccccc1C(F)(F)F. The van der Waals surface area contributed by atoms with Crippen molar-refractivity contribution in [2.75, 3.05) is 5.32 Å². The number of thioether (sulfide) groups is 1. The van der Waals surface area contributed by atoms with Crippen molar-refractivity contribution in [1.82, 2.24) is 5.32 Å². The number of amides is 2. The molecule has 2 rings (SSSR count). The first kappa shape index (κ1) is 15.8. The number of para-hydroxylation sites is 1. The highest BCUT2D eigenvalue weighted by Crippen LogP contribution is 2.34. The third-order valence-corrected chi connectivity index (χ3v) is 4.02. The van der Waals surface area contributed by atoms with Crippen molar-refractivity contribution in [3.8, 4) is 0 Å². The van der Waals surface area contributed by atoms with E-state index >= 15 is 0 Å². The molecule has 1 atom stereocenters. The van der Waals surface area contributed by atoms with Crippen LogP contribution in [0.2, 0.25) is 0 Å². The maximum Gasteiger partial charge on any atom is 0.418 e. The van der Waals surface area contributed by atoms with Crippen LogP contribution in [-0.2, 0) is 15.8 Å². The predicted octanol–water partition coefficient (Wildman–Crippen LogP) is 2.55. The van der Waals surface area contributed by atoms with Crippen LogP contribution in [0.1, 0.15) is 12.0 Å². The number of alkyl halides is 3. The monoisotopic (exact) mass is 334 g/mol. The Morgan fingerprint density at radius 3 is 2.62 bits per heavy atom. The summed E-state index contributed by atoms with van der Waals surface area (Å²) in [4.78, 5) is 23.2. The summed E-state index contributed by atoms with van der Waals surface area (Å²) in [6.07, 6.45) is -4.81. The summed E-state index contributed by atoms with van der Waals surface area (Å²) in [5.41, 5.74) is -1.27. The molecule has 1 fully saturated rings. The Morgan fingerprint density at radius 2 is 2.05 bits per heavy atom. The van der Waals surface area contributed by atoms with E-state index in [4.69, 9.17) is 12.2 Å². The molecule has 1 heterocycles. The van der Waals surface area contributed by atoms with Crippen LogP contribution in [0.5, 0.6) is 0 Å². The van der Waals surface area contributed by atoms with Crippen molar-refractivity contribution in [1.29, 1.82) is 0 Å². The number of carbonyl (C=O) groups is 2. The molecule has 0 aromatic heterocycles. The second-order valence-electron chi connectivity index (χ2n) is 4.18.